The van der Waals surface area contributed by atoms with Crippen LogP contribution in [0.1, 0.15) is 36.5 Å². The van der Waals surface area contributed by atoms with Crippen molar-refractivity contribution < 1.29 is 28.2 Å². The van der Waals surface area contributed by atoms with Gasteiger partial charge in [-0.1, -0.05) is 60.7 Å². The molecule has 32 heavy (non-hydrogen) atoms. The van der Waals surface area contributed by atoms with E-state index in [1.165, 1.54) is 26.0 Å². The highest BCUT2D eigenvalue weighted by atomic mass is 19.1. The third kappa shape index (κ3) is 4.64. The molecule has 0 N–H and O–H groups in total. The van der Waals surface area contributed by atoms with Gasteiger partial charge in [0.05, 0.1) is 0 Å². The highest BCUT2D eigenvalue weighted by molar-refractivity contribution is 5.98. The van der Waals surface area contributed by atoms with E-state index in [9.17, 15) is 14.0 Å². The maximum absolute atomic E-state index is 13.6. The van der Waals surface area contributed by atoms with Crippen molar-refractivity contribution >= 4 is 11.9 Å². The van der Waals surface area contributed by atoms with Gasteiger partial charge in [-0.15, -0.1) is 0 Å². The summed E-state index contributed by atoms with van der Waals surface area (Å²) in [5, 5.41) is 0. The second-order valence-electron chi connectivity index (χ2n) is 8.06. The molecule has 0 aromatic heterocycles. The maximum Gasteiger partial charge on any atom is 0.324 e. The van der Waals surface area contributed by atoms with Crippen molar-refractivity contribution in [2.75, 3.05) is 0 Å². The first-order valence-corrected chi connectivity index (χ1v) is 10.3. The predicted octanol–water partition coefficient (Wildman–Crippen LogP) is 4.99. The van der Waals surface area contributed by atoms with Crippen LogP contribution >= 0.6 is 0 Å². The van der Waals surface area contributed by atoms with Crippen molar-refractivity contribution in [3.63, 3.8) is 0 Å². The van der Waals surface area contributed by atoms with Gasteiger partial charge in [-0.2, -0.15) is 0 Å². The lowest BCUT2D eigenvalue weighted by Gasteiger charge is -2.36. The van der Waals surface area contributed by atoms with Gasteiger partial charge < -0.3 is 14.2 Å². The number of carbonyl (C=O) groups is 2. The zero-order valence-corrected chi connectivity index (χ0v) is 17.8. The Morgan fingerprint density at radius 1 is 0.875 bits per heavy atom. The summed E-state index contributed by atoms with van der Waals surface area (Å²) in [4.78, 5) is 25.9. The molecule has 0 aliphatic carbocycles. The Balaban J connectivity index is 1.75. The lowest BCUT2D eigenvalue weighted by molar-refractivity contribution is -0.240. The normalized spacial score (nSPS) is 16.7. The Bertz CT molecular complexity index is 1090. The van der Waals surface area contributed by atoms with Crippen LogP contribution in [-0.4, -0.2) is 17.7 Å². The number of rotatable bonds is 6. The van der Waals surface area contributed by atoms with Crippen molar-refractivity contribution in [1.82, 2.24) is 0 Å². The van der Waals surface area contributed by atoms with Crippen LogP contribution in [0.5, 0.6) is 5.75 Å². The Labute approximate surface area is 185 Å². The topological polar surface area (TPSA) is 61.8 Å². The summed E-state index contributed by atoms with van der Waals surface area (Å²) >= 11 is 0. The third-order valence-corrected chi connectivity index (χ3v) is 5.25. The number of ether oxygens (including phenoxy) is 3. The Hall–Kier alpha value is -3.67. The summed E-state index contributed by atoms with van der Waals surface area (Å²) in [6.45, 7) is 3.31. The molecule has 0 spiro atoms. The van der Waals surface area contributed by atoms with Gasteiger partial charge in [0.2, 0.25) is 0 Å². The van der Waals surface area contributed by atoms with Crippen LogP contribution in [0.25, 0.3) is 0 Å². The first-order chi connectivity index (χ1) is 15.3. The van der Waals surface area contributed by atoms with E-state index in [1.807, 2.05) is 36.4 Å². The number of halogens is 1. The number of cyclic esters (lactones) is 2. The van der Waals surface area contributed by atoms with E-state index in [0.717, 1.165) is 5.56 Å². The van der Waals surface area contributed by atoms with Crippen LogP contribution < -0.4 is 4.74 Å². The van der Waals surface area contributed by atoms with Crippen molar-refractivity contribution in [2.24, 2.45) is 5.92 Å². The molecule has 164 valence electrons. The molecule has 0 saturated carbocycles. The largest absolute Gasteiger partial charge is 0.489 e. The number of benzene rings is 3. The molecule has 0 amide bonds. The lowest BCUT2D eigenvalue weighted by Crippen LogP contribution is -2.48. The van der Waals surface area contributed by atoms with Crippen LogP contribution in [-0.2, 0) is 25.7 Å². The van der Waals surface area contributed by atoms with Gasteiger partial charge in [0, 0.05) is 25.3 Å². The number of carbonyl (C=O) groups excluding carboxylic acids is 2. The molecule has 1 saturated heterocycles. The van der Waals surface area contributed by atoms with Crippen LogP contribution in [0.3, 0.4) is 0 Å². The first-order valence-electron chi connectivity index (χ1n) is 10.3. The quantitative estimate of drug-likeness (QED) is 0.404. The Morgan fingerprint density at radius 3 is 2.12 bits per heavy atom. The first kappa shape index (κ1) is 21.6. The number of hydrogen-bond donors (Lipinski definition) is 0. The molecule has 1 unspecified atom stereocenters. The number of esters is 2. The highest BCUT2D eigenvalue weighted by Gasteiger charge is 2.48. The van der Waals surface area contributed by atoms with E-state index >= 15 is 0 Å². The molecular weight excluding hydrogens is 411 g/mol. The molecule has 0 radical (unpaired) electrons. The van der Waals surface area contributed by atoms with Crippen LogP contribution in [0, 0.1) is 11.7 Å². The summed E-state index contributed by atoms with van der Waals surface area (Å²) in [6.07, 6.45) is 0. The number of hydrogen-bond acceptors (Lipinski definition) is 5. The van der Waals surface area contributed by atoms with E-state index in [2.05, 4.69) is 0 Å². The minimum atomic E-state index is -1.35. The van der Waals surface area contributed by atoms with Gasteiger partial charge >= 0.3 is 11.9 Å². The second kappa shape index (κ2) is 8.83. The van der Waals surface area contributed by atoms with E-state index in [1.54, 1.807) is 30.3 Å². The minimum absolute atomic E-state index is 0.306. The lowest BCUT2D eigenvalue weighted by atomic mass is 9.79. The van der Waals surface area contributed by atoms with Crippen molar-refractivity contribution in [3.8, 4) is 5.75 Å². The molecule has 1 atom stereocenters. The fourth-order valence-corrected chi connectivity index (χ4v) is 3.83. The predicted molar refractivity (Wildman–Crippen MR) is 115 cm³/mol. The molecule has 1 fully saturated rings. The standard InChI is InChI=1S/C26H23FO5/c1-26(2)31-24(28)23(25(29)32-26)22(18-12-14-19(27)15-13-18)20-10-6-7-11-21(20)30-16-17-8-4-3-5-9-17/h3-15,22-23H,16H2,1-2H3. The molecule has 5 nitrogen and oxygen atoms in total. The summed E-state index contributed by atoms with van der Waals surface area (Å²) < 4.78 is 30.5. The minimum Gasteiger partial charge on any atom is -0.489 e. The summed E-state index contributed by atoms with van der Waals surface area (Å²) in [7, 11) is 0. The van der Waals surface area contributed by atoms with Gasteiger partial charge in [0.25, 0.3) is 5.79 Å². The summed E-state index contributed by atoms with van der Waals surface area (Å²) in [5.74, 6) is -4.68. The molecule has 1 heterocycles. The zero-order chi connectivity index (χ0) is 22.7. The van der Waals surface area contributed by atoms with Crippen molar-refractivity contribution in [3.05, 3.63) is 101 Å². The molecule has 1 aliphatic rings. The Kier molecular flexibility index (Phi) is 5.95. The SMILES string of the molecule is CC1(C)OC(=O)C(C(c2ccc(F)cc2)c2ccccc2OCc2ccccc2)C(=O)O1. The monoisotopic (exact) mass is 434 g/mol. The molecular formula is C26H23FO5. The average molecular weight is 434 g/mol. The average Bonchev–Trinajstić information content (AvgIpc) is 2.76. The molecule has 1 aliphatic heterocycles. The van der Waals surface area contributed by atoms with E-state index in [-0.39, 0.29) is 0 Å². The fourth-order valence-electron chi connectivity index (χ4n) is 3.83. The molecule has 3 aromatic rings. The molecule has 4 rings (SSSR count). The second-order valence-corrected chi connectivity index (χ2v) is 8.06. The maximum atomic E-state index is 13.6. The van der Waals surface area contributed by atoms with Gasteiger partial charge in [-0.3, -0.25) is 9.59 Å². The molecule has 0 bridgehead atoms. The summed E-state index contributed by atoms with van der Waals surface area (Å²) in [5.41, 5.74) is 2.15. The third-order valence-electron chi connectivity index (χ3n) is 5.25. The van der Waals surface area contributed by atoms with E-state index in [4.69, 9.17) is 14.2 Å². The van der Waals surface area contributed by atoms with Gasteiger partial charge in [-0.25, -0.2) is 4.39 Å². The summed E-state index contributed by atoms with van der Waals surface area (Å²) in [6, 6.07) is 22.5. The van der Waals surface area contributed by atoms with Crippen LogP contribution in [0.2, 0.25) is 0 Å². The molecule has 3 aromatic carbocycles. The van der Waals surface area contributed by atoms with Crippen molar-refractivity contribution in [1.29, 1.82) is 0 Å². The van der Waals surface area contributed by atoms with Gasteiger partial charge in [0.1, 0.15) is 18.2 Å². The Morgan fingerprint density at radius 2 is 1.47 bits per heavy atom. The smallest absolute Gasteiger partial charge is 0.324 e. The van der Waals surface area contributed by atoms with E-state index in [0.29, 0.717) is 23.5 Å². The molecule has 6 heteroatoms. The number of para-hydroxylation sites is 1. The van der Waals surface area contributed by atoms with Gasteiger partial charge in [-0.05, 0) is 29.3 Å². The van der Waals surface area contributed by atoms with Crippen molar-refractivity contribution in [2.45, 2.75) is 32.2 Å². The van der Waals surface area contributed by atoms with E-state index < -0.39 is 35.4 Å². The van der Waals surface area contributed by atoms with Gasteiger partial charge in [0.15, 0.2) is 5.92 Å². The zero-order valence-electron chi connectivity index (χ0n) is 17.8. The fraction of sp³-hybridized carbons (Fsp3) is 0.231. The van der Waals surface area contributed by atoms with Crippen LogP contribution in [0.15, 0.2) is 78.9 Å². The van der Waals surface area contributed by atoms with Crippen LogP contribution in [0.4, 0.5) is 4.39 Å². The highest BCUT2D eigenvalue weighted by Crippen LogP contribution is 2.41.